The number of unbranched alkanes of at least 4 members (excludes halogenated alkanes) is 2. The number of hydrazine groups is 1. The summed E-state index contributed by atoms with van der Waals surface area (Å²) in [7, 11) is 0. The van der Waals surface area contributed by atoms with Crippen molar-refractivity contribution in [2.45, 2.75) is 57.5 Å². The Morgan fingerprint density at radius 2 is 1.47 bits per heavy atom. The molecule has 112 valence electrons. The average molecular weight is 275 g/mol. The Morgan fingerprint density at radius 1 is 1.00 bits per heavy atom. The molecule has 0 aromatic heterocycles. The zero-order valence-electron chi connectivity index (χ0n) is 11.4. The van der Waals surface area contributed by atoms with Crippen LogP contribution in [0.3, 0.4) is 0 Å². The summed E-state index contributed by atoms with van der Waals surface area (Å²) in [6, 6.07) is -1.56. The lowest BCUT2D eigenvalue weighted by Crippen LogP contribution is -2.52. The van der Waals surface area contributed by atoms with Crippen molar-refractivity contribution in [2.75, 3.05) is 6.54 Å². The number of nitrogens with two attached hydrogens (primary N) is 1. The predicted octanol–water partition coefficient (Wildman–Crippen LogP) is 0.306. The molecule has 0 aliphatic rings. The van der Waals surface area contributed by atoms with Gasteiger partial charge in [-0.25, -0.2) is 10.9 Å². The average Bonchev–Trinajstić information content (AvgIpc) is 2.35. The number of hydrogen-bond donors (Lipinski definition) is 5. The molecule has 0 amide bonds. The normalized spacial score (nSPS) is 14.0. The van der Waals surface area contributed by atoms with Crippen LogP contribution in [0.1, 0.15) is 45.4 Å². The fourth-order valence-electron chi connectivity index (χ4n) is 1.62. The van der Waals surface area contributed by atoms with Gasteiger partial charge in [-0.2, -0.15) is 0 Å². The van der Waals surface area contributed by atoms with Gasteiger partial charge in [0.05, 0.1) is 0 Å². The van der Waals surface area contributed by atoms with Crippen molar-refractivity contribution in [3.05, 3.63) is 0 Å². The van der Waals surface area contributed by atoms with E-state index in [1.165, 1.54) is 0 Å². The molecule has 2 atom stereocenters. The number of carbonyl (C=O) groups is 2. The van der Waals surface area contributed by atoms with Gasteiger partial charge in [-0.3, -0.25) is 9.59 Å². The van der Waals surface area contributed by atoms with Crippen LogP contribution in [-0.2, 0) is 9.59 Å². The third kappa shape index (κ3) is 8.52. The lowest BCUT2D eigenvalue weighted by molar-refractivity contribution is -0.143. The zero-order valence-corrected chi connectivity index (χ0v) is 11.4. The highest BCUT2D eigenvalue weighted by atomic mass is 16.4. The molecule has 0 radical (unpaired) electrons. The third-order valence-electron chi connectivity index (χ3n) is 2.82. The van der Waals surface area contributed by atoms with Crippen LogP contribution in [0.25, 0.3) is 0 Å². The molecule has 0 spiro atoms. The molecule has 0 bridgehead atoms. The van der Waals surface area contributed by atoms with Crippen LogP contribution in [0.5, 0.6) is 0 Å². The third-order valence-corrected chi connectivity index (χ3v) is 2.82. The Labute approximate surface area is 113 Å². The Morgan fingerprint density at radius 3 is 1.84 bits per heavy atom. The first-order valence-electron chi connectivity index (χ1n) is 6.69. The number of rotatable bonds is 12. The van der Waals surface area contributed by atoms with Crippen LogP contribution in [0.15, 0.2) is 0 Å². The highest BCUT2D eigenvalue weighted by molar-refractivity contribution is 5.74. The van der Waals surface area contributed by atoms with Gasteiger partial charge >= 0.3 is 11.9 Å². The van der Waals surface area contributed by atoms with Crippen LogP contribution in [0.2, 0.25) is 0 Å². The summed E-state index contributed by atoms with van der Waals surface area (Å²) >= 11 is 0. The van der Waals surface area contributed by atoms with Gasteiger partial charge in [-0.1, -0.05) is 19.8 Å². The summed E-state index contributed by atoms with van der Waals surface area (Å²) in [6.07, 6.45) is 3.99. The SMILES string of the molecule is CCCCC(NN[C@@H](CCCCN)C(=O)O)C(=O)O. The van der Waals surface area contributed by atoms with Crippen molar-refractivity contribution in [1.29, 1.82) is 0 Å². The van der Waals surface area contributed by atoms with E-state index in [1.54, 1.807) is 0 Å². The van der Waals surface area contributed by atoms with Gasteiger partial charge in [0.1, 0.15) is 12.1 Å². The fourth-order valence-corrected chi connectivity index (χ4v) is 1.62. The Balaban J connectivity index is 4.18. The van der Waals surface area contributed by atoms with E-state index in [1.807, 2.05) is 6.92 Å². The van der Waals surface area contributed by atoms with E-state index in [9.17, 15) is 9.59 Å². The minimum atomic E-state index is -0.996. The van der Waals surface area contributed by atoms with Gasteiger partial charge in [0.2, 0.25) is 0 Å². The molecule has 7 heteroatoms. The second-order valence-corrected chi connectivity index (χ2v) is 4.50. The minimum Gasteiger partial charge on any atom is -0.480 e. The standard InChI is InChI=1S/C12H25N3O4/c1-2-3-6-9(11(16)17)14-15-10(12(18)19)7-4-5-8-13/h9-10,14-15H,2-8,13H2,1H3,(H,16,17)(H,18,19)/t9?,10-/m0/s1. The van der Waals surface area contributed by atoms with Gasteiger partial charge in [0.15, 0.2) is 0 Å². The molecule has 0 saturated heterocycles. The lowest BCUT2D eigenvalue weighted by atomic mass is 10.1. The van der Waals surface area contributed by atoms with E-state index in [0.717, 1.165) is 19.3 Å². The first-order valence-corrected chi connectivity index (χ1v) is 6.69. The van der Waals surface area contributed by atoms with Crippen LogP contribution in [-0.4, -0.2) is 40.8 Å². The fraction of sp³-hybridized carbons (Fsp3) is 0.833. The van der Waals surface area contributed by atoms with Crippen molar-refractivity contribution in [1.82, 2.24) is 10.9 Å². The molecule has 0 aromatic carbocycles. The van der Waals surface area contributed by atoms with Gasteiger partial charge in [0.25, 0.3) is 0 Å². The molecule has 0 fully saturated rings. The lowest BCUT2D eigenvalue weighted by Gasteiger charge is -2.19. The maximum Gasteiger partial charge on any atom is 0.322 e. The quantitative estimate of drug-likeness (QED) is 0.256. The van der Waals surface area contributed by atoms with Gasteiger partial charge in [-0.05, 0) is 32.2 Å². The smallest absolute Gasteiger partial charge is 0.322 e. The zero-order chi connectivity index (χ0) is 14.7. The molecule has 0 aromatic rings. The summed E-state index contributed by atoms with van der Waals surface area (Å²) in [5, 5.41) is 18.0. The Kier molecular flexibility index (Phi) is 10.1. The Bertz CT molecular complexity index is 274. The predicted molar refractivity (Wildman–Crippen MR) is 71.5 cm³/mol. The second kappa shape index (κ2) is 10.7. The molecule has 0 rings (SSSR count). The van der Waals surface area contributed by atoms with Crippen molar-refractivity contribution in [2.24, 2.45) is 5.73 Å². The highest BCUT2D eigenvalue weighted by Crippen LogP contribution is 2.03. The summed E-state index contributed by atoms with van der Waals surface area (Å²) < 4.78 is 0. The number of aliphatic carboxylic acids is 2. The minimum absolute atomic E-state index is 0.416. The maximum atomic E-state index is 11.0. The highest BCUT2D eigenvalue weighted by Gasteiger charge is 2.21. The van der Waals surface area contributed by atoms with E-state index < -0.39 is 24.0 Å². The summed E-state index contributed by atoms with van der Waals surface area (Å²) in [5.41, 5.74) is 10.5. The van der Waals surface area contributed by atoms with E-state index in [0.29, 0.717) is 25.8 Å². The number of carboxylic acid groups (broad SMARTS) is 2. The molecule has 7 nitrogen and oxygen atoms in total. The number of hydrogen-bond acceptors (Lipinski definition) is 5. The largest absolute Gasteiger partial charge is 0.480 e. The maximum absolute atomic E-state index is 11.0. The molecule has 19 heavy (non-hydrogen) atoms. The monoisotopic (exact) mass is 275 g/mol. The summed E-state index contributed by atoms with van der Waals surface area (Å²) in [5.74, 6) is -1.98. The van der Waals surface area contributed by atoms with E-state index >= 15 is 0 Å². The van der Waals surface area contributed by atoms with Crippen molar-refractivity contribution >= 4 is 11.9 Å². The molecular weight excluding hydrogens is 250 g/mol. The van der Waals surface area contributed by atoms with Crippen LogP contribution in [0.4, 0.5) is 0 Å². The molecule has 1 unspecified atom stereocenters. The molecule has 6 N–H and O–H groups in total. The Hall–Kier alpha value is -1.18. The van der Waals surface area contributed by atoms with Crippen LogP contribution >= 0.6 is 0 Å². The van der Waals surface area contributed by atoms with Crippen LogP contribution in [0, 0.1) is 0 Å². The van der Waals surface area contributed by atoms with Crippen molar-refractivity contribution < 1.29 is 19.8 Å². The van der Waals surface area contributed by atoms with Gasteiger partial charge in [0, 0.05) is 0 Å². The number of nitrogens with one attached hydrogen (secondary N) is 2. The molecule has 0 aliphatic heterocycles. The molecule has 0 heterocycles. The first kappa shape index (κ1) is 17.8. The van der Waals surface area contributed by atoms with Crippen molar-refractivity contribution in [3.63, 3.8) is 0 Å². The molecule has 0 saturated carbocycles. The summed E-state index contributed by atoms with van der Waals surface area (Å²) in [6.45, 7) is 2.49. The van der Waals surface area contributed by atoms with Crippen molar-refractivity contribution in [3.8, 4) is 0 Å². The molecular formula is C12H25N3O4. The number of carboxylic acids is 2. The molecule has 0 aliphatic carbocycles. The van der Waals surface area contributed by atoms with E-state index in [2.05, 4.69) is 10.9 Å². The second-order valence-electron chi connectivity index (χ2n) is 4.50. The first-order chi connectivity index (χ1) is 9.02. The summed E-state index contributed by atoms with van der Waals surface area (Å²) in [4.78, 5) is 22.0. The van der Waals surface area contributed by atoms with Crippen LogP contribution < -0.4 is 16.6 Å². The topological polar surface area (TPSA) is 125 Å². The van der Waals surface area contributed by atoms with E-state index in [4.69, 9.17) is 15.9 Å². The van der Waals surface area contributed by atoms with Gasteiger partial charge < -0.3 is 15.9 Å². The van der Waals surface area contributed by atoms with E-state index in [-0.39, 0.29) is 0 Å². The van der Waals surface area contributed by atoms with Gasteiger partial charge in [-0.15, -0.1) is 0 Å².